The molecular formula is C19H33N5. The van der Waals surface area contributed by atoms with Crippen LogP contribution in [0.2, 0.25) is 0 Å². The molecule has 0 radical (unpaired) electrons. The van der Waals surface area contributed by atoms with Gasteiger partial charge in [0.25, 0.3) is 0 Å². The maximum Gasteiger partial charge on any atom is 0.191 e. The van der Waals surface area contributed by atoms with Crippen LogP contribution in [-0.4, -0.2) is 37.6 Å². The molecule has 5 nitrogen and oxygen atoms in total. The van der Waals surface area contributed by atoms with Crippen LogP contribution in [0.1, 0.15) is 51.6 Å². The summed E-state index contributed by atoms with van der Waals surface area (Å²) in [5.41, 5.74) is 0.994. The molecule has 134 valence electrons. The summed E-state index contributed by atoms with van der Waals surface area (Å²) in [4.78, 5) is 11.4. The Kier molecular flexibility index (Phi) is 7.35. The predicted molar refractivity (Wildman–Crippen MR) is 103 cm³/mol. The Hall–Kier alpha value is -1.78. The first-order chi connectivity index (χ1) is 11.6. The quantitative estimate of drug-likeness (QED) is 0.621. The van der Waals surface area contributed by atoms with Gasteiger partial charge in [-0.2, -0.15) is 0 Å². The zero-order valence-electron chi connectivity index (χ0n) is 15.7. The Morgan fingerprint density at radius 2 is 1.96 bits per heavy atom. The van der Waals surface area contributed by atoms with Gasteiger partial charge in [0.15, 0.2) is 5.96 Å². The molecule has 0 spiro atoms. The van der Waals surface area contributed by atoms with E-state index in [4.69, 9.17) is 4.99 Å². The second-order valence-electron chi connectivity index (χ2n) is 6.85. The number of rotatable bonds is 6. The first-order valence-corrected chi connectivity index (χ1v) is 9.30. The van der Waals surface area contributed by atoms with Crippen LogP contribution in [0.4, 0.5) is 5.82 Å². The third-order valence-corrected chi connectivity index (χ3v) is 4.76. The highest BCUT2D eigenvalue weighted by Crippen LogP contribution is 2.26. The normalized spacial score (nSPS) is 21.4. The number of anilines is 1. The van der Waals surface area contributed by atoms with Crippen molar-refractivity contribution in [2.75, 3.05) is 25.5 Å². The number of aromatic nitrogens is 1. The molecule has 1 aromatic rings. The molecule has 0 saturated heterocycles. The molecule has 0 aliphatic heterocycles. The lowest BCUT2D eigenvalue weighted by Crippen LogP contribution is -2.44. The van der Waals surface area contributed by atoms with Crippen molar-refractivity contribution in [2.45, 2.75) is 58.5 Å². The molecule has 24 heavy (non-hydrogen) atoms. The van der Waals surface area contributed by atoms with E-state index in [9.17, 15) is 0 Å². The van der Waals surface area contributed by atoms with E-state index in [1.54, 1.807) is 0 Å². The van der Waals surface area contributed by atoms with Crippen molar-refractivity contribution >= 4 is 11.8 Å². The zero-order chi connectivity index (χ0) is 17.4. The minimum absolute atomic E-state index is 0.548. The fraction of sp³-hybridized carbons (Fsp3) is 0.684. The van der Waals surface area contributed by atoms with E-state index in [0.717, 1.165) is 29.9 Å². The Morgan fingerprint density at radius 3 is 2.58 bits per heavy atom. The van der Waals surface area contributed by atoms with Gasteiger partial charge in [-0.25, -0.2) is 9.98 Å². The van der Waals surface area contributed by atoms with Gasteiger partial charge in [-0.3, -0.25) is 0 Å². The topological polar surface area (TPSA) is 52.6 Å². The van der Waals surface area contributed by atoms with E-state index >= 15 is 0 Å². The van der Waals surface area contributed by atoms with Crippen LogP contribution in [0.5, 0.6) is 0 Å². The van der Waals surface area contributed by atoms with Crippen molar-refractivity contribution < 1.29 is 0 Å². The van der Waals surface area contributed by atoms with E-state index in [1.165, 1.54) is 32.1 Å². The number of hydrogen-bond acceptors (Lipinski definition) is 3. The third kappa shape index (κ3) is 5.69. The maximum atomic E-state index is 4.73. The van der Waals surface area contributed by atoms with Gasteiger partial charge in [0, 0.05) is 26.7 Å². The van der Waals surface area contributed by atoms with Gasteiger partial charge >= 0.3 is 0 Å². The fourth-order valence-corrected chi connectivity index (χ4v) is 3.19. The van der Waals surface area contributed by atoms with Gasteiger partial charge in [0.1, 0.15) is 5.82 Å². The molecule has 2 rings (SSSR count). The van der Waals surface area contributed by atoms with Crippen molar-refractivity contribution in [1.29, 1.82) is 0 Å². The van der Waals surface area contributed by atoms with Crippen LogP contribution >= 0.6 is 0 Å². The number of pyridine rings is 1. The molecule has 0 amide bonds. The summed E-state index contributed by atoms with van der Waals surface area (Å²) < 4.78 is 0. The molecule has 0 bridgehead atoms. The molecule has 0 aromatic carbocycles. The SMILES string of the molecule is CCNC(=NCc1cccc(N(C)C)n1)NC1CCC(CC)CC1. The molecular weight excluding hydrogens is 298 g/mol. The van der Waals surface area contributed by atoms with Crippen LogP contribution in [0.3, 0.4) is 0 Å². The van der Waals surface area contributed by atoms with Gasteiger partial charge in [-0.15, -0.1) is 0 Å². The van der Waals surface area contributed by atoms with Crippen molar-refractivity contribution in [3.8, 4) is 0 Å². The first-order valence-electron chi connectivity index (χ1n) is 9.30. The van der Waals surface area contributed by atoms with E-state index in [2.05, 4.69) is 29.5 Å². The second kappa shape index (κ2) is 9.50. The molecule has 2 N–H and O–H groups in total. The van der Waals surface area contributed by atoms with E-state index in [-0.39, 0.29) is 0 Å². The number of nitrogens with one attached hydrogen (secondary N) is 2. The molecule has 1 saturated carbocycles. The lowest BCUT2D eigenvalue weighted by atomic mass is 9.84. The summed E-state index contributed by atoms with van der Waals surface area (Å²) in [6.07, 6.45) is 6.48. The number of aliphatic imine (C=N–C) groups is 1. The summed E-state index contributed by atoms with van der Waals surface area (Å²) >= 11 is 0. The molecule has 1 aliphatic rings. The number of hydrogen-bond donors (Lipinski definition) is 2. The number of guanidine groups is 1. The molecule has 1 heterocycles. The van der Waals surface area contributed by atoms with E-state index in [1.807, 2.05) is 37.2 Å². The molecule has 5 heteroatoms. The van der Waals surface area contributed by atoms with Crippen LogP contribution in [0.15, 0.2) is 23.2 Å². The predicted octanol–water partition coefficient (Wildman–Crippen LogP) is 3.17. The summed E-state index contributed by atoms with van der Waals surface area (Å²) in [6.45, 7) is 5.89. The molecule has 0 unspecified atom stereocenters. The van der Waals surface area contributed by atoms with Crippen molar-refractivity contribution in [1.82, 2.24) is 15.6 Å². The smallest absolute Gasteiger partial charge is 0.191 e. The average molecular weight is 332 g/mol. The summed E-state index contributed by atoms with van der Waals surface area (Å²) in [6, 6.07) is 6.64. The Bertz CT molecular complexity index is 518. The highest BCUT2D eigenvalue weighted by molar-refractivity contribution is 5.80. The fourth-order valence-electron chi connectivity index (χ4n) is 3.19. The van der Waals surface area contributed by atoms with Gasteiger partial charge < -0.3 is 15.5 Å². The van der Waals surface area contributed by atoms with Gasteiger partial charge in [0.2, 0.25) is 0 Å². The maximum absolute atomic E-state index is 4.73. The highest BCUT2D eigenvalue weighted by Gasteiger charge is 2.20. The zero-order valence-corrected chi connectivity index (χ0v) is 15.7. The van der Waals surface area contributed by atoms with Crippen LogP contribution in [0.25, 0.3) is 0 Å². The van der Waals surface area contributed by atoms with Crippen LogP contribution in [0, 0.1) is 5.92 Å². The minimum Gasteiger partial charge on any atom is -0.363 e. The Labute approximate surface area is 147 Å². The largest absolute Gasteiger partial charge is 0.363 e. The van der Waals surface area contributed by atoms with Gasteiger partial charge in [0.05, 0.1) is 12.2 Å². The molecule has 1 aliphatic carbocycles. The average Bonchev–Trinajstić information content (AvgIpc) is 2.61. The lowest BCUT2D eigenvalue weighted by molar-refractivity contribution is 0.304. The molecule has 0 atom stereocenters. The minimum atomic E-state index is 0.548. The van der Waals surface area contributed by atoms with Crippen LogP contribution in [-0.2, 0) is 6.54 Å². The molecule has 1 aromatic heterocycles. The Morgan fingerprint density at radius 1 is 1.21 bits per heavy atom. The van der Waals surface area contributed by atoms with Crippen molar-refractivity contribution in [3.63, 3.8) is 0 Å². The van der Waals surface area contributed by atoms with Crippen molar-refractivity contribution in [2.24, 2.45) is 10.9 Å². The van der Waals surface area contributed by atoms with E-state index in [0.29, 0.717) is 12.6 Å². The highest BCUT2D eigenvalue weighted by atomic mass is 15.2. The second-order valence-corrected chi connectivity index (χ2v) is 6.85. The Balaban J connectivity index is 1.94. The monoisotopic (exact) mass is 331 g/mol. The number of nitrogens with zero attached hydrogens (tertiary/aromatic N) is 3. The molecule has 1 fully saturated rings. The summed E-state index contributed by atoms with van der Waals surface area (Å²) in [5.74, 6) is 2.80. The summed E-state index contributed by atoms with van der Waals surface area (Å²) in [5, 5.41) is 6.97. The summed E-state index contributed by atoms with van der Waals surface area (Å²) in [7, 11) is 4.02. The standard InChI is InChI=1S/C19H33N5/c1-5-15-10-12-16(13-11-15)23-19(20-6-2)21-14-17-8-7-9-18(22-17)24(3)4/h7-9,15-16H,5-6,10-14H2,1-4H3,(H2,20,21,23). The van der Waals surface area contributed by atoms with Crippen LogP contribution < -0.4 is 15.5 Å². The van der Waals surface area contributed by atoms with Gasteiger partial charge in [-0.1, -0.05) is 19.4 Å². The van der Waals surface area contributed by atoms with Gasteiger partial charge in [-0.05, 0) is 50.7 Å². The third-order valence-electron chi connectivity index (χ3n) is 4.76. The first kappa shape index (κ1) is 18.6. The van der Waals surface area contributed by atoms with E-state index < -0.39 is 0 Å². The van der Waals surface area contributed by atoms with Crippen molar-refractivity contribution in [3.05, 3.63) is 23.9 Å². The lowest BCUT2D eigenvalue weighted by Gasteiger charge is -2.29.